The lowest BCUT2D eigenvalue weighted by Gasteiger charge is -2.35. The fourth-order valence-corrected chi connectivity index (χ4v) is 5.20. The van der Waals surface area contributed by atoms with Crippen LogP contribution in [0.4, 0.5) is 0 Å². The average molecular weight is 364 g/mol. The van der Waals surface area contributed by atoms with Crippen LogP contribution in [0, 0.1) is 5.92 Å². The van der Waals surface area contributed by atoms with E-state index in [2.05, 4.69) is 63.3 Å². The Kier molecular flexibility index (Phi) is 4.16. The molecule has 0 N–H and O–H groups in total. The van der Waals surface area contributed by atoms with E-state index in [1.54, 1.807) is 0 Å². The molecule has 2 heterocycles. The number of fused-ring (bicyclic) bond motifs is 2. The first-order chi connectivity index (χ1) is 8.30. The van der Waals surface area contributed by atoms with Gasteiger partial charge in [-0.15, -0.1) is 0 Å². The molecule has 0 aromatic rings. The molecule has 2 saturated heterocycles. The monoisotopic (exact) mass is 364 g/mol. The van der Waals surface area contributed by atoms with Crippen LogP contribution >= 0.6 is 22.6 Å². The minimum atomic E-state index is -0.0778. The predicted octanol–water partition coefficient (Wildman–Crippen LogP) is 4.12. The number of alkyl halides is 1. The van der Waals surface area contributed by atoms with Gasteiger partial charge < -0.3 is 9.47 Å². The second kappa shape index (κ2) is 5.06. The third-order valence-corrected chi connectivity index (χ3v) is 5.98. The van der Waals surface area contributed by atoms with E-state index < -0.39 is 0 Å². The lowest BCUT2D eigenvalue weighted by Crippen LogP contribution is -2.44. The number of ether oxygens (including phenoxy) is 2. The summed E-state index contributed by atoms with van der Waals surface area (Å²) in [5, 5.41) is 0. The molecular formula is C15H25IO2. The third kappa shape index (κ3) is 2.38. The van der Waals surface area contributed by atoms with Crippen LogP contribution < -0.4 is 0 Å². The summed E-state index contributed by atoms with van der Waals surface area (Å²) in [6.45, 7) is 11.7. The number of hydrogen-bond donors (Lipinski definition) is 0. The Morgan fingerprint density at radius 2 is 2.11 bits per heavy atom. The van der Waals surface area contributed by atoms with Crippen molar-refractivity contribution >= 4 is 22.6 Å². The highest BCUT2D eigenvalue weighted by atomic mass is 127. The van der Waals surface area contributed by atoms with Crippen molar-refractivity contribution < 1.29 is 9.47 Å². The summed E-state index contributed by atoms with van der Waals surface area (Å²) < 4.78 is 13.1. The van der Waals surface area contributed by atoms with Crippen LogP contribution in [-0.4, -0.2) is 27.8 Å². The smallest absolute Gasteiger partial charge is 0.0935 e. The van der Waals surface area contributed by atoms with Gasteiger partial charge in [-0.05, 0) is 33.1 Å². The van der Waals surface area contributed by atoms with Gasteiger partial charge in [0.1, 0.15) is 0 Å². The Labute approximate surface area is 125 Å². The van der Waals surface area contributed by atoms with Crippen LogP contribution in [0.3, 0.4) is 0 Å². The standard InChI is InChI=1S/C15H25IO2/c1-10(2)6-7-17-13-9-15(11(3)4)12(16)8-14(13,5)18-15/h6,11-13H,7-9H2,1-5H3. The Morgan fingerprint density at radius 1 is 1.44 bits per heavy atom. The predicted molar refractivity (Wildman–Crippen MR) is 83.3 cm³/mol. The zero-order valence-electron chi connectivity index (χ0n) is 12.1. The second-order valence-corrected chi connectivity index (χ2v) is 8.01. The molecule has 3 heteroatoms. The van der Waals surface area contributed by atoms with Gasteiger partial charge in [0.2, 0.25) is 0 Å². The van der Waals surface area contributed by atoms with Crippen LogP contribution in [0.25, 0.3) is 0 Å². The molecule has 2 aliphatic heterocycles. The lowest BCUT2D eigenvalue weighted by atomic mass is 9.75. The molecule has 0 radical (unpaired) electrons. The molecule has 2 rings (SSSR count). The summed E-state index contributed by atoms with van der Waals surface area (Å²) in [5.74, 6) is 0.554. The van der Waals surface area contributed by atoms with Gasteiger partial charge in [-0.1, -0.05) is 48.1 Å². The number of hydrogen-bond acceptors (Lipinski definition) is 2. The van der Waals surface area contributed by atoms with E-state index in [0.717, 1.165) is 12.8 Å². The quantitative estimate of drug-likeness (QED) is 0.425. The first-order valence-electron chi connectivity index (χ1n) is 6.89. The average Bonchev–Trinajstić information content (AvgIpc) is 2.66. The van der Waals surface area contributed by atoms with Crippen molar-refractivity contribution in [2.24, 2.45) is 5.92 Å². The highest BCUT2D eigenvalue weighted by Gasteiger charge is 2.64. The molecule has 18 heavy (non-hydrogen) atoms. The fourth-order valence-electron chi connectivity index (χ4n) is 3.22. The van der Waals surface area contributed by atoms with Crippen LogP contribution in [0.15, 0.2) is 11.6 Å². The molecule has 4 atom stereocenters. The summed E-state index contributed by atoms with van der Waals surface area (Å²) in [7, 11) is 0. The van der Waals surface area contributed by atoms with E-state index in [-0.39, 0.29) is 17.3 Å². The molecule has 0 aliphatic carbocycles. The molecule has 2 nitrogen and oxygen atoms in total. The Morgan fingerprint density at radius 3 is 2.61 bits per heavy atom. The summed E-state index contributed by atoms with van der Waals surface area (Å²) in [5.41, 5.74) is 1.27. The maximum atomic E-state index is 6.44. The van der Waals surface area contributed by atoms with Gasteiger partial charge in [0, 0.05) is 10.3 Å². The van der Waals surface area contributed by atoms with E-state index in [4.69, 9.17) is 9.47 Å². The summed E-state index contributed by atoms with van der Waals surface area (Å²) in [4.78, 5) is 0. The van der Waals surface area contributed by atoms with Gasteiger partial charge in [0.25, 0.3) is 0 Å². The summed E-state index contributed by atoms with van der Waals surface area (Å²) in [6.07, 6.45) is 4.57. The fraction of sp³-hybridized carbons (Fsp3) is 0.867. The zero-order valence-corrected chi connectivity index (χ0v) is 14.3. The van der Waals surface area contributed by atoms with E-state index >= 15 is 0 Å². The molecule has 2 bridgehead atoms. The highest BCUT2D eigenvalue weighted by Crippen LogP contribution is 2.57. The Balaban J connectivity index is 2.07. The highest BCUT2D eigenvalue weighted by molar-refractivity contribution is 14.1. The number of allylic oxidation sites excluding steroid dienone is 1. The maximum Gasteiger partial charge on any atom is 0.0935 e. The van der Waals surface area contributed by atoms with Gasteiger partial charge in [-0.3, -0.25) is 0 Å². The van der Waals surface area contributed by atoms with Crippen molar-refractivity contribution in [3.8, 4) is 0 Å². The van der Waals surface area contributed by atoms with E-state index in [1.165, 1.54) is 5.57 Å². The van der Waals surface area contributed by atoms with E-state index in [9.17, 15) is 0 Å². The molecule has 104 valence electrons. The van der Waals surface area contributed by atoms with Gasteiger partial charge >= 0.3 is 0 Å². The minimum Gasteiger partial charge on any atom is -0.371 e. The van der Waals surface area contributed by atoms with Crippen molar-refractivity contribution in [3.63, 3.8) is 0 Å². The molecule has 0 saturated carbocycles. The van der Waals surface area contributed by atoms with Crippen molar-refractivity contribution in [1.82, 2.24) is 0 Å². The van der Waals surface area contributed by atoms with Crippen LogP contribution in [0.2, 0.25) is 0 Å². The van der Waals surface area contributed by atoms with Gasteiger partial charge in [-0.2, -0.15) is 0 Å². The topological polar surface area (TPSA) is 18.5 Å². The molecule has 2 aliphatic rings. The van der Waals surface area contributed by atoms with Crippen molar-refractivity contribution in [1.29, 1.82) is 0 Å². The van der Waals surface area contributed by atoms with E-state index in [1.807, 2.05) is 0 Å². The number of halogens is 1. The van der Waals surface area contributed by atoms with Crippen LogP contribution in [0.5, 0.6) is 0 Å². The van der Waals surface area contributed by atoms with Gasteiger partial charge in [0.15, 0.2) is 0 Å². The Bertz CT molecular complexity index is 348. The largest absolute Gasteiger partial charge is 0.371 e. The molecule has 0 aromatic carbocycles. The number of rotatable bonds is 4. The van der Waals surface area contributed by atoms with E-state index in [0.29, 0.717) is 16.4 Å². The molecule has 2 fully saturated rings. The summed E-state index contributed by atoms with van der Waals surface area (Å²) in [6, 6.07) is 0. The first kappa shape index (κ1) is 14.8. The SMILES string of the molecule is CC(C)=CCOC1CC2(C(C)C)OC1(C)CC2I. The molecule has 0 amide bonds. The van der Waals surface area contributed by atoms with Crippen LogP contribution in [-0.2, 0) is 9.47 Å². The second-order valence-electron chi connectivity index (χ2n) is 6.50. The third-order valence-electron chi connectivity index (χ3n) is 4.49. The first-order valence-corrected chi connectivity index (χ1v) is 8.14. The van der Waals surface area contributed by atoms with Gasteiger partial charge in [-0.25, -0.2) is 0 Å². The minimum absolute atomic E-state index is 0.0327. The van der Waals surface area contributed by atoms with Crippen molar-refractivity contribution in [2.75, 3.05) is 6.61 Å². The molecule has 0 spiro atoms. The van der Waals surface area contributed by atoms with Crippen molar-refractivity contribution in [3.05, 3.63) is 11.6 Å². The van der Waals surface area contributed by atoms with Gasteiger partial charge in [0.05, 0.1) is 23.9 Å². The zero-order chi connectivity index (χ0) is 13.6. The van der Waals surface area contributed by atoms with Crippen LogP contribution in [0.1, 0.15) is 47.5 Å². The maximum absolute atomic E-state index is 6.44. The molecule has 0 aromatic heterocycles. The summed E-state index contributed by atoms with van der Waals surface area (Å²) >= 11 is 2.57. The normalized spacial score (nSPS) is 42.6. The van der Waals surface area contributed by atoms with Crippen molar-refractivity contribution in [2.45, 2.75) is 68.7 Å². The molecule has 4 unspecified atom stereocenters. The lowest BCUT2D eigenvalue weighted by molar-refractivity contribution is -0.0890. The Hall–Kier alpha value is 0.390. The molecular weight excluding hydrogens is 339 g/mol.